The number of sulfonamides is 1. The Morgan fingerprint density at radius 2 is 2.06 bits per heavy atom. The molecule has 18 heavy (non-hydrogen) atoms. The summed E-state index contributed by atoms with van der Waals surface area (Å²) in [6.07, 6.45) is 4.90. The molecule has 0 radical (unpaired) electrons. The molecule has 2 heterocycles. The molecule has 0 saturated carbocycles. The van der Waals surface area contributed by atoms with Gasteiger partial charge in [-0.25, -0.2) is 13.1 Å². The van der Waals surface area contributed by atoms with Gasteiger partial charge in [0.1, 0.15) is 4.21 Å². The smallest absolute Gasteiger partial charge is 0.250 e. The van der Waals surface area contributed by atoms with Crippen LogP contribution in [0.2, 0.25) is 0 Å². The van der Waals surface area contributed by atoms with Crippen molar-refractivity contribution in [2.75, 3.05) is 26.2 Å². The topological polar surface area (TPSA) is 50.6 Å². The van der Waals surface area contributed by atoms with Crippen LogP contribution in [-0.4, -0.2) is 34.6 Å². The normalized spacial score (nSPS) is 18.0. The minimum atomic E-state index is -3.26. The second-order valence-electron chi connectivity index (χ2n) is 4.74. The van der Waals surface area contributed by atoms with Gasteiger partial charge in [0.2, 0.25) is 10.0 Å². The van der Waals surface area contributed by atoms with Gasteiger partial charge in [0.25, 0.3) is 0 Å². The van der Waals surface area contributed by atoms with E-state index < -0.39 is 10.0 Å². The third-order valence-electron chi connectivity index (χ3n) is 3.32. The molecular weight excluding hydrogens is 268 g/mol. The molecule has 0 unspecified atom stereocenters. The standard InChI is InChI=1S/C12H20N2O2S2/c15-18(16,12-6-4-11-17-12)13-7-5-10-14-8-2-1-3-9-14/h4,6,11,13H,1-3,5,7-10H2/p+1. The highest BCUT2D eigenvalue weighted by molar-refractivity contribution is 7.91. The lowest BCUT2D eigenvalue weighted by atomic mass is 10.1. The van der Waals surface area contributed by atoms with Crippen LogP contribution in [-0.2, 0) is 10.0 Å². The zero-order chi connectivity index (χ0) is 12.8. The van der Waals surface area contributed by atoms with Crippen LogP contribution in [0.1, 0.15) is 25.7 Å². The van der Waals surface area contributed by atoms with Gasteiger partial charge < -0.3 is 4.90 Å². The monoisotopic (exact) mass is 289 g/mol. The Bertz CT molecular complexity index is 437. The average Bonchev–Trinajstić information content (AvgIpc) is 2.91. The Hall–Kier alpha value is -0.430. The van der Waals surface area contributed by atoms with Crippen LogP contribution in [0.4, 0.5) is 0 Å². The highest BCUT2D eigenvalue weighted by atomic mass is 32.2. The molecule has 0 spiro atoms. The third-order valence-corrected chi connectivity index (χ3v) is 6.18. The Morgan fingerprint density at radius 1 is 1.28 bits per heavy atom. The van der Waals surface area contributed by atoms with E-state index >= 15 is 0 Å². The van der Waals surface area contributed by atoms with Crippen molar-refractivity contribution in [1.82, 2.24) is 4.72 Å². The maximum absolute atomic E-state index is 11.8. The van der Waals surface area contributed by atoms with E-state index in [0.717, 1.165) is 13.0 Å². The van der Waals surface area contributed by atoms with Crippen LogP contribution in [0.15, 0.2) is 21.7 Å². The highest BCUT2D eigenvalue weighted by Gasteiger charge is 2.16. The molecule has 0 aliphatic carbocycles. The second kappa shape index (κ2) is 6.65. The molecule has 1 aliphatic rings. The molecular formula is C12H21N2O2S2+. The number of rotatable bonds is 6. The maximum Gasteiger partial charge on any atom is 0.250 e. The second-order valence-corrected chi connectivity index (χ2v) is 7.69. The van der Waals surface area contributed by atoms with E-state index in [0.29, 0.717) is 10.8 Å². The van der Waals surface area contributed by atoms with Crippen molar-refractivity contribution in [3.8, 4) is 0 Å². The first-order valence-electron chi connectivity index (χ1n) is 6.55. The van der Waals surface area contributed by atoms with Gasteiger partial charge in [-0.3, -0.25) is 0 Å². The predicted octanol–water partition coefficient (Wildman–Crippen LogP) is 0.485. The Balaban J connectivity index is 1.69. The minimum Gasteiger partial charge on any atom is -0.335 e. The molecule has 1 aromatic rings. The van der Waals surface area contributed by atoms with Gasteiger partial charge in [-0.2, -0.15) is 0 Å². The first-order chi connectivity index (χ1) is 8.68. The van der Waals surface area contributed by atoms with Crippen LogP contribution < -0.4 is 9.62 Å². The Labute approximate surface area is 113 Å². The number of thiophene rings is 1. The first-order valence-corrected chi connectivity index (χ1v) is 8.91. The lowest BCUT2D eigenvalue weighted by molar-refractivity contribution is -0.904. The summed E-state index contributed by atoms with van der Waals surface area (Å²) < 4.78 is 26.8. The van der Waals surface area contributed by atoms with E-state index in [-0.39, 0.29) is 0 Å². The summed E-state index contributed by atoms with van der Waals surface area (Å²) in [5.41, 5.74) is 0. The Morgan fingerprint density at radius 3 is 2.72 bits per heavy atom. The number of hydrogen-bond acceptors (Lipinski definition) is 3. The van der Waals surface area contributed by atoms with Crippen LogP contribution >= 0.6 is 11.3 Å². The van der Waals surface area contributed by atoms with E-state index in [1.807, 2.05) is 0 Å². The molecule has 0 aromatic carbocycles. The summed E-state index contributed by atoms with van der Waals surface area (Å²) in [6.45, 7) is 4.12. The molecule has 0 bridgehead atoms. The van der Waals surface area contributed by atoms with Crippen LogP contribution in [0.3, 0.4) is 0 Å². The van der Waals surface area contributed by atoms with Gasteiger partial charge in [-0.1, -0.05) is 6.07 Å². The quantitative estimate of drug-likeness (QED) is 0.749. The molecule has 2 rings (SSSR count). The van der Waals surface area contributed by atoms with E-state index in [9.17, 15) is 8.42 Å². The fourth-order valence-corrected chi connectivity index (χ4v) is 4.45. The SMILES string of the molecule is O=S(=O)(NCCC[NH+]1CCCCC1)c1cccs1. The van der Waals surface area contributed by atoms with Crippen molar-refractivity contribution in [1.29, 1.82) is 0 Å². The van der Waals surface area contributed by atoms with Crippen LogP contribution in [0, 0.1) is 0 Å². The summed E-state index contributed by atoms with van der Waals surface area (Å²) >= 11 is 1.26. The van der Waals surface area contributed by atoms with E-state index in [4.69, 9.17) is 0 Å². The van der Waals surface area contributed by atoms with Gasteiger partial charge in [-0.05, 0) is 30.7 Å². The fourth-order valence-electron chi connectivity index (χ4n) is 2.33. The summed E-state index contributed by atoms with van der Waals surface area (Å²) in [5, 5.41) is 1.78. The van der Waals surface area contributed by atoms with E-state index in [2.05, 4.69) is 4.72 Å². The number of likely N-dealkylation sites (tertiary alicyclic amines) is 1. The number of nitrogens with one attached hydrogen (secondary N) is 2. The number of hydrogen-bond donors (Lipinski definition) is 2. The molecule has 0 amide bonds. The summed E-state index contributed by atoms with van der Waals surface area (Å²) in [5.74, 6) is 0. The highest BCUT2D eigenvalue weighted by Crippen LogP contribution is 2.14. The number of quaternary nitrogens is 1. The van der Waals surface area contributed by atoms with Gasteiger partial charge >= 0.3 is 0 Å². The molecule has 1 saturated heterocycles. The van der Waals surface area contributed by atoms with Crippen molar-refractivity contribution < 1.29 is 13.3 Å². The van der Waals surface area contributed by atoms with Gasteiger partial charge in [0, 0.05) is 13.0 Å². The molecule has 102 valence electrons. The Kier molecular flexibility index (Phi) is 5.17. The lowest BCUT2D eigenvalue weighted by Crippen LogP contribution is -3.12. The zero-order valence-electron chi connectivity index (χ0n) is 10.5. The predicted molar refractivity (Wildman–Crippen MR) is 73.5 cm³/mol. The molecule has 1 aromatic heterocycles. The fraction of sp³-hybridized carbons (Fsp3) is 0.667. The first kappa shape index (κ1) is 14.0. The summed E-state index contributed by atoms with van der Waals surface area (Å²) in [6, 6.07) is 3.40. The van der Waals surface area contributed by atoms with Crippen molar-refractivity contribution in [3.63, 3.8) is 0 Å². The van der Waals surface area contributed by atoms with E-state index in [1.54, 1.807) is 22.4 Å². The number of piperidine rings is 1. The summed E-state index contributed by atoms with van der Waals surface area (Å²) in [4.78, 5) is 1.62. The average molecular weight is 289 g/mol. The maximum atomic E-state index is 11.8. The lowest BCUT2D eigenvalue weighted by Gasteiger charge is -2.23. The molecule has 2 N–H and O–H groups in total. The molecule has 1 aliphatic heterocycles. The van der Waals surface area contributed by atoms with Crippen molar-refractivity contribution in [2.45, 2.75) is 29.9 Å². The molecule has 4 nitrogen and oxygen atoms in total. The van der Waals surface area contributed by atoms with Crippen molar-refractivity contribution in [3.05, 3.63) is 17.5 Å². The van der Waals surface area contributed by atoms with E-state index in [1.165, 1.54) is 43.7 Å². The minimum absolute atomic E-state index is 0.410. The third kappa shape index (κ3) is 4.05. The zero-order valence-corrected chi connectivity index (χ0v) is 12.2. The molecule has 1 fully saturated rings. The van der Waals surface area contributed by atoms with Gasteiger partial charge in [-0.15, -0.1) is 11.3 Å². The largest absolute Gasteiger partial charge is 0.335 e. The van der Waals surface area contributed by atoms with Crippen molar-refractivity contribution in [2.24, 2.45) is 0 Å². The van der Waals surface area contributed by atoms with Crippen LogP contribution in [0.5, 0.6) is 0 Å². The molecule has 6 heteroatoms. The van der Waals surface area contributed by atoms with Crippen molar-refractivity contribution >= 4 is 21.4 Å². The van der Waals surface area contributed by atoms with Gasteiger partial charge in [0.05, 0.1) is 19.6 Å². The van der Waals surface area contributed by atoms with Gasteiger partial charge in [0.15, 0.2) is 0 Å². The van der Waals surface area contributed by atoms with Crippen LogP contribution in [0.25, 0.3) is 0 Å². The summed E-state index contributed by atoms with van der Waals surface area (Å²) in [7, 11) is -3.26. The molecule has 0 atom stereocenters.